The van der Waals surface area contributed by atoms with E-state index in [1.165, 1.54) is 0 Å². The van der Waals surface area contributed by atoms with Gasteiger partial charge in [-0.3, -0.25) is 24.7 Å². The van der Waals surface area contributed by atoms with Crippen molar-refractivity contribution in [2.45, 2.75) is 37.8 Å². The van der Waals surface area contributed by atoms with E-state index in [9.17, 15) is 14.4 Å². The fraction of sp³-hybridized carbons (Fsp3) is 0.241. The summed E-state index contributed by atoms with van der Waals surface area (Å²) in [6, 6.07) is 23.9. The second-order valence-corrected chi connectivity index (χ2v) is 10.2. The molecule has 3 aromatic rings. The molecule has 2 N–H and O–H groups in total. The summed E-state index contributed by atoms with van der Waals surface area (Å²) < 4.78 is 0. The van der Waals surface area contributed by atoms with Crippen LogP contribution in [0.3, 0.4) is 0 Å². The van der Waals surface area contributed by atoms with E-state index in [0.29, 0.717) is 11.1 Å². The lowest BCUT2D eigenvalue weighted by Gasteiger charge is -2.50. The number of benzene rings is 3. The average Bonchev–Trinajstić information content (AvgIpc) is 3.23. The Balaban J connectivity index is 1.23. The molecule has 3 amide bonds. The van der Waals surface area contributed by atoms with Gasteiger partial charge in [-0.2, -0.15) is 5.01 Å². The molecule has 3 aliphatic rings. The first-order valence-corrected chi connectivity index (χ1v) is 13.2. The fourth-order valence-electron chi connectivity index (χ4n) is 5.60. The van der Waals surface area contributed by atoms with Crippen LogP contribution in [0.5, 0.6) is 0 Å². The molecule has 3 aromatic carbocycles. The molecule has 1 aliphatic carbocycles. The van der Waals surface area contributed by atoms with Crippen LogP contribution in [0.2, 0.25) is 0 Å². The van der Waals surface area contributed by atoms with Crippen molar-refractivity contribution in [3.8, 4) is 0 Å². The SMILES string of the molecule is O=C(NN1C(=O)CN(c2ccccc2)C1=S)c1ccc(N2C(=O)c3ccccc3NC23CCCCC3)cc1. The summed E-state index contributed by atoms with van der Waals surface area (Å²) in [7, 11) is 0. The molecule has 38 heavy (non-hydrogen) atoms. The number of hydrogen-bond acceptors (Lipinski definition) is 5. The minimum Gasteiger partial charge on any atom is -0.362 e. The van der Waals surface area contributed by atoms with Gasteiger partial charge in [0.05, 0.1) is 5.56 Å². The van der Waals surface area contributed by atoms with Crippen LogP contribution in [0.1, 0.15) is 52.8 Å². The van der Waals surface area contributed by atoms with Crippen molar-refractivity contribution in [1.29, 1.82) is 0 Å². The van der Waals surface area contributed by atoms with E-state index < -0.39 is 11.6 Å². The van der Waals surface area contributed by atoms with Crippen LogP contribution in [0.4, 0.5) is 17.1 Å². The van der Waals surface area contributed by atoms with Gasteiger partial charge < -0.3 is 10.2 Å². The minimum atomic E-state index is -0.498. The lowest BCUT2D eigenvalue weighted by Crippen LogP contribution is -2.61. The lowest BCUT2D eigenvalue weighted by molar-refractivity contribution is -0.125. The molecule has 8 nitrogen and oxygen atoms in total. The molecular formula is C29H27N5O3S. The largest absolute Gasteiger partial charge is 0.362 e. The molecule has 9 heteroatoms. The van der Waals surface area contributed by atoms with Gasteiger partial charge in [-0.05, 0) is 86.4 Å². The van der Waals surface area contributed by atoms with E-state index in [0.717, 1.165) is 54.2 Å². The number of amides is 3. The number of rotatable bonds is 4. The molecular weight excluding hydrogens is 498 g/mol. The maximum absolute atomic E-state index is 13.7. The van der Waals surface area contributed by atoms with Crippen LogP contribution in [-0.4, -0.2) is 40.1 Å². The molecule has 2 fully saturated rings. The van der Waals surface area contributed by atoms with Gasteiger partial charge in [0.1, 0.15) is 12.2 Å². The maximum Gasteiger partial charge on any atom is 0.270 e. The third-order valence-electron chi connectivity index (χ3n) is 7.47. The number of thiocarbonyl (C=S) groups is 1. The van der Waals surface area contributed by atoms with E-state index >= 15 is 0 Å². The molecule has 0 radical (unpaired) electrons. The van der Waals surface area contributed by atoms with Gasteiger partial charge in [0.15, 0.2) is 0 Å². The predicted molar refractivity (Wildman–Crippen MR) is 150 cm³/mol. The quantitative estimate of drug-likeness (QED) is 0.481. The molecule has 192 valence electrons. The molecule has 0 unspecified atom stereocenters. The lowest BCUT2D eigenvalue weighted by atomic mass is 9.84. The van der Waals surface area contributed by atoms with Crippen LogP contribution < -0.4 is 20.5 Å². The van der Waals surface area contributed by atoms with Crippen molar-refractivity contribution >= 4 is 52.1 Å². The van der Waals surface area contributed by atoms with Crippen LogP contribution >= 0.6 is 12.2 Å². The number of carbonyl (C=O) groups is 3. The zero-order valence-corrected chi connectivity index (χ0v) is 21.5. The van der Waals surface area contributed by atoms with Gasteiger partial charge in [-0.15, -0.1) is 0 Å². The Labute approximate surface area is 226 Å². The molecule has 1 saturated heterocycles. The first kappa shape index (κ1) is 24.1. The first-order chi connectivity index (χ1) is 18.5. The van der Waals surface area contributed by atoms with Crippen molar-refractivity contribution < 1.29 is 14.4 Å². The molecule has 1 saturated carbocycles. The summed E-state index contributed by atoms with van der Waals surface area (Å²) >= 11 is 5.47. The number of carbonyl (C=O) groups excluding carboxylic acids is 3. The standard InChI is InChI=1S/C29H27N5O3S/c35-25-19-32(21-9-3-1-4-10-21)28(38)34(25)31-26(36)20-13-15-22(16-14-20)33-27(37)23-11-5-6-12-24(23)30-29(33)17-7-2-8-18-29/h1,3-6,9-16,30H,2,7-8,17-19H2,(H,31,36). The van der Waals surface area contributed by atoms with Gasteiger partial charge in [-0.25, -0.2) is 0 Å². The van der Waals surface area contributed by atoms with Crippen molar-refractivity contribution in [2.24, 2.45) is 0 Å². The topological polar surface area (TPSA) is 85.0 Å². The fourth-order valence-corrected chi connectivity index (χ4v) is 5.92. The van der Waals surface area contributed by atoms with Crippen molar-refractivity contribution in [3.05, 3.63) is 90.0 Å². The number of hydrogen-bond donors (Lipinski definition) is 2. The van der Waals surface area contributed by atoms with E-state index in [2.05, 4.69) is 10.7 Å². The summed E-state index contributed by atoms with van der Waals surface area (Å²) in [6.45, 7) is 0.0513. The Morgan fingerprint density at radius 3 is 2.26 bits per heavy atom. The minimum absolute atomic E-state index is 0.0486. The number of para-hydroxylation sites is 2. The summed E-state index contributed by atoms with van der Waals surface area (Å²) in [6.07, 6.45) is 4.90. The Bertz CT molecular complexity index is 1420. The summed E-state index contributed by atoms with van der Waals surface area (Å²) in [5, 5.41) is 5.00. The third kappa shape index (κ3) is 4.09. The molecule has 2 heterocycles. The number of nitrogens with one attached hydrogen (secondary N) is 2. The van der Waals surface area contributed by atoms with E-state index in [-0.39, 0.29) is 23.5 Å². The maximum atomic E-state index is 13.7. The van der Waals surface area contributed by atoms with Gasteiger partial charge in [0.25, 0.3) is 17.7 Å². The third-order valence-corrected chi connectivity index (χ3v) is 7.87. The van der Waals surface area contributed by atoms with Crippen molar-refractivity contribution in [1.82, 2.24) is 10.4 Å². The second-order valence-electron chi connectivity index (χ2n) is 9.82. The molecule has 6 rings (SSSR count). The Morgan fingerprint density at radius 1 is 0.842 bits per heavy atom. The van der Waals surface area contributed by atoms with Crippen LogP contribution in [-0.2, 0) is 4.79 Å². The van der Waals surface area contributed by atoms with E-state index in [1.807, 2.05) is 59.5 Å². The van der Waals surface area contributed by atoms with E-state index in [1.54, 1.807) is 29.2 Å². The molecule has 2 aliphatic heterocycles. The van der Waals surface area contributed by atoms with Crippen LogP contribution in [0.15, 0.2) is 78.9 Å². The first-order valence-electron chi connectivity index (χ1n) is 12.8. The predicted octanol–water partition coefficient (Wildman–Crippen LogP) is 4.70. The van der Waals surface area contributed by atoms with E-state index in [4.69, 9.17) is 12.2 Å². The highest BCUT2D eigenvalue weighted by molar-refractivity contribution is 7.80. The average molecular weight is 526 g/mol. The molecule has 0 bridgehead atoms. The van der Waals surface area contributed by atoms with Crippen LogP contribution in [0, 0.1) is 0 Å². The summed E-state index contributed by atoms with van der Waals surface area (Å²) in [4.78, 5) is 42.9. The van der Waals surface area contributed by atoms with Crippen molar-refractivity contribution in [3.63, 3.8) is 0 Å². The zero-order valence-electron chi connectivity index (χ0n) is 20.7. The summed E-state index contributed by atoms with van der Waals surface area (Å²) in [5.41, 5.74) is 5.50. The monoisotopic (exact) mass is 525 g/mol. The van der Waals surface area contributed by atoms with Crippen LogP contribution in [0.25, 0.3) is 0 Å². The molecule has 1 spiro atoms. The highest BCUT2D eigenvalue weighted by atomic mass is 32.1. The second kappa shape index (κ2) is 9.57. The molecule has 0 aromatic heterocycles. The van der Waals surface area contributed by atoms with Crippen molar-refractivity contribution in [2.75, 3.05) is 21.7 Å². The Morgan fingerprint density at radius 2 is 1.53 bits per heavy atom. The summed E-state index contributed by atoms with van der Waals surface area (Å²) in [5.74, 6) is -0.817. The van der Waals surface area contributed by atoms with Gasteiger partial charge in [0.2, 0.25) is 5.11 Å². The van der Waals surface area contributed by atoms with Gasteiger partial charge in [0, 0.05) is 22.6 Å². The van der Waals surface area contributed by atoms with Gasteiger partial charge >= 0.3 is 0 Å². The zero-order chi connectivity index (χ0) is 26.3. The smallest absolute Gasteiger partial charge is 0.270 e. The normalized spacial score (nSPS) is 18.4. The Kier molecular flexibility index (Phi) is 6.07. The number of fused-ring (bicyclic) bond motifs is 1. The number of nitrogens with zero attached hydrogens (tertiary/aromatic N) is 3. The number of anilines is 3. The van der Waals surface area contributed by atoms with Gasteiger partial charge in [-0.1, -0.05) is 36.8 Å². The number of hydrazine groups is 1. The Hall–Kier alpha value is -4.24. The highest BCUT2D eigenvalue weighted by Gasteiger charge is 2.46. The molecule has 0 atom stereocenters. The highest BCUT2D eigenvalue weighted by Crippen LogP contribution is 2.42.